The van der Waals surface area contributed by atoms with Gasteiger partial charge in [-0.25, -0.2) is 0 Å². The highest BCUT2D eigenvalue weighted by atomic mass is 16.2. The van der Waals surface area contributed by atoms with E-state index in [1.807, 2.05) is 35.2 Å². The smallest absolute Gasteiger partial charge is 0.272 e. The molecule has 1 fully saturated rings. The van der Waals surface area contributed by atoms with Crippen molar-refractivity contribution in [1.82, 2.24) is 19.6 Å². The maximum atomic E-state index is 12.6. The third-order valence-electron chi connectivity index (χ3n) is 4.38. The Morgan fingerprint density at radius 3 is 2.58 bits per heavy atom. The summed E-state index contributed by atoms with van der Waals surface area (Å²) in [7, 11) is 1.73. The first kappa shape index (κ1) is 16.2. The number of piperazine rings is 1. The lowest BCUT2D eigenvalue weighted by Gasteiger charge is -2.39. The Morgan fingerprint density at radius 1 is 1.21 bits per heavy atom. The molecule has 2 N–H and O–H groups in total. The number of primary amides is 1. The van der Waals surface area contributed by atoms with E-state index in [0.717, 1.165) is 5.56 Å². The van der Waals surface area contributed by atoms with Gasteiger partial charge in [-0.05, 0) is 11.6 Å². The number of aromatic nitrogens is 2. The van der Waals surface area contributed by atoms with Crippen LogP contribution in [0, 0.1) is 0 Å². The number of nitrogens with zero attached hydrogens (tertiary/aromatic N) is 4. The first-order valence-corrected chi connectivity index (χ1v) is 7.91. The van der Waals surface area contributed by atoms with Gasteiger partial charge in [0, 0.05) is 39.4 Å². The minimum absolute atomic E-state index is 0.124. The summed E-state index contributed by atoms with van der Waals surface area (Å²) in [6.45, 7) is 2.10. The van der Waals surface area contributed by atoms with Gasteiger partial charge in [0.2, 0.25) is 5.91 Å². The van der Waals surface area contributed by atoms with E-state index in [1.165, 1.54) is 4.68 Å². The molecule has 3 rings (SSSR count). The third-order valence-corrected chi connectivity index (χ3v) is 4.38. The number of aryl methyl sites for hydroxylation is 1. The second kappa shape index (κ2) is 6.84. The second-order valence-electron chi connectivity index (χ2n) is 5.97. The highest BCUT2D eigenvalue weighted by Gasteiger charge is 2.33. The fourth-order valence-corrected chi connectivity index (χ4v) is 3.03. The van der Waals surface area contributed by atoms with E-state index in [2.05, 4.69) is 5.10 Å². The van der Waals surface area contributed by atoms with Crippen LogP contribution in [0.25, 0.3) is 0 Å². The molecular weight excluding hydrogens is 306 g/mol. The standard InChI is InChI=1S/C17H21N5O2/c1-20-14(7-8-19-20)17(24)22-10-9-21(15(12-22)16(18)23)11-13-5-3-2-4-6-13/h2-8,15H,9-12H2,1H3,(H2,18,23)/t15-/m1/s1. The van der Waals surface area contributed by atoms with E-state index in [0.29, 0.717) is 31.9 Å². The van der Waals surface area contributed by atoms with Crippen molar-refractivity contribution in [3.63, 3.8) is 0 Å². The van der Waals surface area contributed by atoms with Crippen LogP contribution in [0.4, 0.5) is 0 Å². The van der Waals surface area contributed by atoms with Crippen molar-refractivity contribution in [2.75, 3.05) is 19.6 Å². The lowest BCUT2D eigenvalue weighted by Crippen LogP contribution is -2.59. The molecule has 0 bridgehead atoms. The van der Waals surface area contributed by atoms with Gasteiger partial charge in [-0.15, -0.1) is 0 Å². The van der Waals surface area contributed by atoms with Crippen molar-refractivity contribution in [2.24, 2.45) is 12.8 Å². The lowest BCUT2D eigenvalue weighted by molar-refractivity contribution is -0.125. The average molecular weight is 327 g/mol. The zero-order valence-electron chi connectivity index (χ0n) is 13.6. The molecule has 2 amide bonds. The van der Waals surface area contributed by atoms with Crippen LogP contribution in [-0.4, -0.2) is 57.1 Å². The van der Waals surface area contributed by atoms with Crippen LogP contribution in [0.3, 0.4) is 0 Å². The molecule has 7 heteroatoms. The highest BCUT2D eigenvalue weighted by molar-refractivity contribution is 5.93. The van der Waals surface area contributed by atoms with Gasteiger partial charge in [-0.3, -0.25) is 19.2 Å². The first-order chi connectivity index (χ1) is 11.6. The largest absolute Gasteiger partial charge is 0.368 e. The SMILES string of the molecule is Cn1nccc1C(=O)N1CCN(Cc2ccccc2)[C@@H](C(N)=O)C1. The Labute approximate surface area is 140 Å². The fourth-order valence-electron chi connectivity index (χ4n) is 3.03. The molecule has 1 aromatic carbocycles. The molecule has 0 spiro atoms. The maximum Gasteiger partial charge on any atom is 0.272 e. The van der Waals surface area contributed by atoms with Crippen LogP contribution in [0.15, 0.2) is 42.6 Å². The Bertz CT molecular complexity index is 728. The molecule has 126 valence electrons. The second-order valence-corrected chi connectivity index (χ2v) is 5.97. The summed E-state index contributed by atoms with van der Waals surface area (Å²) in [6.07, 6.45) is 1.59. The van der Waals surface area contributed by atoms with Crippen LogP contribution < -0.4 is 5.73 Å². The maximum absolute atomic E-state index is 12.6. The summed E-state index contributed by atoms with van der Waals surface area (Å²) in [5.74, 6) is -0.533. The van der Waals surface area contributed by atoms with Gasteiger partial charge < -0.3 is 10.6 Å². The number of rotatable bonds is 4. The van der Waals surface area contributed by atoms with Crippen molar-refractivity contribution < 1.29 is 9.59 Å². The zero-order chi connectivity index (χ0) is 17.1. The lowest BCUT2D eigenvalue weighted by atomic mass is 10.1. The molecule has 1 aromatic heterocycles. The number of hydrogen-bond acceptors (Lipinski definition) is 4. The molecule has 1 aliphatic heterocycles. The summed E-state index contributed by atoms with van der Waals surface area (Å²) in [6, 6.07) is 11.1. The number of hydrogen-bond donors (Lipinski definition) is 1. The minimum atomic E-state index is -0.490. The van der Waals surface area contributed by atoms with Crippen LogP contribution >= 0.6 is 0 Å². The Kier molecular flexibility index (Phi) is 4.61. The highest BCUT2D eigenvalue weighted by Crippen LogP contribution is 2.16. The van der Waals surface area contributed by atoms with Crippen molar-refractivity contribution >= 4 is 11.8 Å². The molecule has 1 atom stereocenters. The fraction of sp³-hybridized carbons (Fsp3) is 0.353. The van der Waals surface area contributed by atoms with Gasteiger partial charge in [-0.2, -0.15) is 5.10 Å². The molecule has 7 nitrogen and oxygen atoms in total. The Morgan fingerprint density at radius 2 is 1.96 bits per heavy atom. The molecule has 24 heavy (non-hydrogen) atoms. The number of carbonyl (C=O) groups is 2. The molecule has 1 aliphatic rings. The van der Waals surface area contributed by atoms with Crippen molar-refractivity contribution in [1.29, 1.82) is 0 Å². The predicted molar refractivity (Wildman–Crippen MR) is 88.9 cm³/mol. The van der Waals surface area contributed by atoms with E-state index in [4.69, 9.17) is 5.73 Å². The Balaban J connectivity index is 1.73. The van der Waals surface area contributed by atoms with Gasteiger partial charge in [0.15, 0.2) is 0 Å². The Hall–Kier alpha value is -2.67. The zero-order valence-corrected chi connectivity index (χ0v) is 13.6. The molecule has 1 saturated heterocycles. The number of amides is 2. The summed E-state index contributed by atoms with van der Waals surface area (Å²) in [5, 5.41) is 4.02. The monoisotopic (exact) mass is 327 g/mol. The van der Waals surface area contributed by atoms with Crippen LogP contribution in [0.5, 0.6) is 0 Å². The molecule has 2 heterocycles. The van der Waals surface area contributed by atoms with Crippen LogP contribution in [-0.2, 0) is 18.4 Å². The van der Waals surface area contributed by atoms with Gasteiger partial charge >= 0.3 is 0 Å². The number of benzene rings is 1. The van der Waals surface area contributed by atoms with Gasteiger partial charge in [-0.1, -0.05) is 30.3 Å². The molecule has 0 aliphatic carbocycles. The minimum Gasteiger partial charge on any atom is -0.368 e. The first-order valence-electron chi connectivity index (χ1n) is 7.91. The van der Waals surface area contributed by atoms with E-state index in [9.17, 15) is 9.59 Å². The van der Waals surface area contributed by atoms with E-state index < -0.39 is 11.9 Å². The quantitative estimate of drug-likeness (QED) is 0.871. The average Bonchev–Trinajstić information content (AvgIpc) is 3.01. The summed E-state index contributed by atoms with van der Waals surface area (Å²) >= 11 is 0. The molecule has 2 aromatic rings. The normalized spacial score (nSPS) is 18.5. The number of nitrogens with two attached hydrogens (primary N) is 1. The van der Waals surface area contributed by atoms with E-state index >= 15 is 0 Å². The molecular formula is C17H21N5O2. The summed E-state index contributed by atoms with van der Waals surface area (Å²) < 4.78 is 1.54. The summed E-state index contributed by atoms with van der Waals surface area (Å²) in [5.41, 5.74) is 7.22. The van der Waals surface area contributed by atoms with E-state index in [1.54, 1.807) is 24.2 Å². The van der Waals surface area contributed by atoms with Crippen molar-refractivity contribution in [3.05, 3.63) is 53.9 Å². The molecule has 0 saturated carbocycles. The van der Waals surface area contributed by atoms with Crippen LogP contribution in [0.2, 0.25) is 0 Å². The number of carbonyl (C=O) groups excluding carboxylic acids is 2. The molecule has 0 radical (unpaired) electrons. The molecule has 0 unspecified atom stereocenters. The van der Waals surface area contributed by atoms with Crippen molar-refractivity contribution in [3.8, 4) is 0 Å². The van der Waals surface area contributed by atoms with E-state index in [-0.39, 0.29) is 5.91 Å². The topological polar surface area (TPSA) is 84.5 Å². The van der Waals surface area contributed by atoms with Gasteiger partial charge in [0.1, 0.15) is 11.7 Å². The van der Waals surface area contributed by atoms with Gasteiger partial charge in [0.25, 0.3) is 5.91 Å². The van der Waals surface area contributed by atoms with Crippen LogP contribution in [0.1, 0.15) is 16.1 Å². The summed E-state index contributed by atoms with van der Waals surface area (Å²) in [4.78, 5) is 28.2. The van der Waals surface area contributed by atoms with Gasteiger partial charge in [0.05, 0.1) is 0 Å². The third kappa shape index (κ3) is 3.30. The van der Waals surface area contributed by atoms with Crippen molar-refractivity contribution in [2.45, 2.75) is 12.6 Å². The predicted octanol–water partition coefficient (Wildman–Crippen LogP) is 0.232.